The van der Waals surface area contributed by atoms with Gasteiger partial charge in [0.15, 0.2) is 6.19 Å². The molecule has 6 heteroatoms. The SMILES string of the molecule is N#CN1CCC(NC(=O)N2CC(Oc3ccccc3)C2)C1. The van der Waals surface area contributed by atoms with Gasteiger partial charge in [0.1, 0.15) is 11.9 Å². The maximum absolute atomic E-state index is 12.0. The van der Waals surface area contributed by atoms with Crippen LogP contribution in [0.5, 0.6) is 5.75 Å². The number of para-hydroxylation sites is 1. The highest BCUT2D eigenvalue weighted by molar-refractivity contribution is 5.75. The summed E-state index contributed by atoms with van der Waals surface area (Å²) >= 11 is 0. The lowest BCUT2D eigenvalue weighted by atomic mass is 10.1. The zero-order chi connectivity index (χ0) is 14.7. The second-order valence-corrected chi connectivity index (χ2v) is 5.44. The molecule has 3 rings (SSSR count). The van der Waals surface area contributed by atoms with Crippen LogP contribution in [0, 0.1) is 11.5 Å². The molecule has 6 nitrogen and oxygen atoms in total. The maximum atomic E-state index is 12.0. The smallest absolute Gasteiger partial charge is 0.317 e. The monoisotopic (exact) mass is 286 g/mol. The molecule has 2 aliphatic heterocycles. The topological polar surface area (TPSA) is 68.6 Å². The Morgan fingerprint density at radius 2 is 2.05 bits per heavy atom. The zero-order valence-corrected chi connectivity index (χ0v) is 11.7. The predicted octanol–water partition coefficient (Wildman–Crippen LogP) is 1.01. The van der Waals surface area contributed by atoms with Gasteiger partial charge in [-0.15, -0.1) is 0 Å². The number of rotatable bonds is 3. The Hall–Kier alpha value is -2.42. The molecule has 2 aliphatic rings. The second kappa shape index (κ2) is 5.92. The second-order valence-electron chi connectivity index (χ2n) is 5.44. The van der Waals surface area contributed by atoms with E-state index in [2.05, 4.69) is 11.5 Å². The first-order valence-electron chi connectivity index (χ1n) is 7.16. The van der Waals surface area contributed by atoms with E-state index in [-0.39, 0.29) is 18.2 Å². The summed E-state index contributed by atoms with van der Waals surface area (Å²) in [6.07, 6.45) is 3.00. The molecule has 1 unspecified atom stereocenters. The Morgan fingerprint density at radius 1 is 1.29 bits per heavy atom. The van der Waals surface area contributed by atoms with Crippen LogP contribution in [0.4, 0.5) is 4.79 Å². The quantitative estimate of drug-likeness (QED) is 0.842. The molecule has 1 N–H and O–H groups in total. The minimum Gasteiger partial charge on any atom is -0.487 e. The van der Waals surface area contributed by atoms with Crippen LogP contribution in [0.15, 0.2) is 30.3 Å². The van der Waals surface area contributed by atoms with Crippen LogP contribution in [0.3, 0.4) is 0 Å². The third-order valence-corrected chi connectivity index (χ3v) is 3.84. The van der Waals surface area contributed by atoms with E-state index in [1.807, 2.05) is 30.3 Å². The van der Waals surface area contributed by atoms with E-state index in [1.54, 1.807) is 9.80 Å². The molecule has 0 aliphatic carbocycles. The van der Waals surface area contributed by atoms with Crippen molar-refractivity contribution in [3.8, 4) is 11.9 Å². The van der Waals surface area contributed by atoms with E-state index < -0.39 is 0 Å². The molecule has 2 heterocycles. The fourth-order valence-electron chi connectivity index (χ4n) is 2.60. The summed E-state index contributed by atoms with van der Waals surface area (Å²) in [5, 5.41) is 11.8. The van der Waals surface area contributed by atoms with Crippen molar-refractivity contribution >= 4 is 6.03 Å². The fraction of sp³-hybridized carbons (Fsp3) is 0.467. The summed E-state index contributed by atoms with van der Waals surface area (Å²) in [6.45, 7) is 2.55. The van der Waals surface area contributed by atoms with E-state index in [9.17, 15) is 4.79 Å². The Morgan fingerprint density at radius 3 is 2.71 bits per heavy atom. The summed E-state index contributed by atoms with van der Waals surface area (Å²) in [6, 6.07) is 9.65. The summed E-state index contributed by atoms with van der Waals surface area (Å²) in [7, 11) is 0. The first kappa shape index (κ1) is 13.6. The lowest BCUT2D eigenvalue weighted by Gasteiger charge is -2.39. The number of likely N-dealkylation sites (tertiary alicyclic amines) is 2. The highest BCUT2D eigenvalue weighted by atomic mass is 16.5. The van der Waals surface area contributed by atoms with Crippen molar-refractivity contribution < 1.29 is 9.53 Å². The first-order valence-corrected chi connectivity index (χ1v) is 7.16. The van der Waals surface area contributed by atoms with Crippen molar-refractivity contribution in [1.29, 1.82) is 5.26 Å². The molecular formula is C15H18N4O2. The van der Waals surface area contributed by atoms with Crippen molar-refractivity contribution in [2.75, 3.05) is 26.2 Å². The van der Waals surface area contributed by atoms with Crippen LogP contribution >= 0.6 is 0 Å². The van der Waals surface area contributed by atoms with Crippen molar-refractivity contribution in [1.82, 2.24) is 15.1 Å². The van der Waals surface area contributed by atoms with E-state index in [0.717, 1.165) is 18.7 Å². The average Bonchev–Trinajstić information content (AvgIpc) is 2.91. The van der Waals surface area contributed by atoms with Gasteiger partial charge in [0.25, 0.3) is 0 Å². The van der Waals surface area contributed by atoms with Gasteiger partial charge in [0.2, 0.25) is 0 Å². The Kier molecular flexibility index (Phi) is 3.82. The Balaban J connectivity index is 1.40. The number of nitriles is 1. The molecule has 21 heavy (non-hydrogen) atoms. The number of urea groups is 1. The van der Waals surface area contributed by atoms with Gasteiger partial charge in [0, 0.05) is 13.1 Å². The van der Waals surface area contributed by atoms with Gasteiger partial charge in [-0.3, -0.25) is 0 Å². The number of hydrogen-bond donors (Lipinski definition) is 1. The molecule has 1 atom stereocenters. The van der Waals surface area contributed by atoms with Gasteiger partial charge in [-0.2, -0.15) is 5.26 Å². The number of nitrogens with zero attached hydrogens (tertiary/aromatic N) is 3. The minimum atomic E-state index is -0.0623. The van der Waals surface area contributed by atoms with Gasteiger partial charge in [-0.1, -0.05) is 18.2 Å². The van der Waals surface area contributed by atoms with Gasteiger partial charge in [-0.05, 0) is 18.6 Å². The Bertz CT molecular complexity index is 536. The molecule has 0 spiro atoms. The lowest BCUT2D eigenvalue weighted by molar-refractivity contribution is 0.0436. The van der Waals surface area contributed by atoms with Crippen LogP contribution in [0.25, 0.3) is 0 Å². The normalized spacial score (nSPS) is 21.6. The summed E-state index contributed by atoms with van der Waals surface area (Å²) < 4.78 is 5.76. The van der Waals surface area contributed by atoms with Gasteiger partial charge < -0.3 is 19.9 Å². The number of amides is 2. The van der Waals surface area contributed by atoms with Crippen LogP contribution in [0.2, 0.25) is 0 Å². The molecule has 2 fully saturated rings. The standard InChI is InChI=1S/C15H18N4O2/c16-11-18-7-6-12(8-18)17-15(20)19-9-14(10-19)21-13-4-2-1-3-5-13/h1-5,12,14H,6-10H2,(H,17,20). The predicted molar refractivity (Wildman–Crippen MR) is 76.6 cm³/mol. The van der Waals surface area contributed by atoms with Crippen LogP contribution in [-0.4, -0.2) is 54.2 Å². The molecule has 0 aromatic heterocycles. The van der Waals surface area contributed by atoms with Crippen molar-refractivity contribution in [2.45, 2.75) is 18.6 Å². The van der Waals surface area contributed by atoms with Gasteiger partial charge >= 0.3 is 6.03 Å². The molecule has 0 radical (unpaired) electrons. The first-order chi connectivity index (χ1) is 10.2. The van der Waals surface area contributed by atoms with E-state index in [1.165, 1.54) is 0 Å². The van der Waals surface area contributed by atoms with E-state index >= 15 is 0 Å². The number of carbonyl (C=O) groups is 1. The van der Waals surface area contributed by atoms with Gasteiger partial charge in [0.05, 0.1) is 19.1 Å². The number of benzene rings is 1. The maximum Gasteiger partial charge on any atom is 0.317 e. The van der Waals surface area contributed by atoms with Crippen molar-refractivity contribution in [3.63, 3.8) is 0 Å². The lowest BCUT2D eigenvalue weighted by Crippen LogP contribution is -2.60. The highest BCUT2D eigenvalue weighted by Crippen LogP contribution is 2.18. The number of ether oxygens (including phenoxy) is 1. The van der Waals surface area contributed by atoms with Crippen molar-refractivity contribution in [2.24, 2.45) is 0 Å². The average molecular weight is 286 g/mol. The van der Waals surface area contributed by atoms with E-state index in [4.69, 9.17) is 10.00 Å². The summed E-state index contributed by atoms with van der Waals surface area (Å²) in [5.41, 5.74) is 0. The molecular weight excluding hydrogens is 268 g/mol. The fourth-order valence-corrected chi connectivity index (χ4v) is 2.60. The van der Waals surface area contributed by atoms with Crippen molar-refractivity contribution in [3.05, 3.63) is 30.3 Å². The minimum absolute atomic E-state index is 0.0623. The molecule has 0 saturated carbocycles. The Labute approximate surface area is 123 Å². The third-order valence-electron chi connectivity index (χ3n) is 3.84. The number of hydrogen-bond acceptors (Lipinski definition) is 4. The van der Waals surface area contributed by atoms with E-state index in [0.29, 0.717) is 19.6 Å². The van der Waals surface area contributed by atoms with Crippen LogP contribution in [0.1, 0.15) is 6.42 Å². The molecule has 1 aromatic carbocycles. The summed E-state index contributed by atoms with van der Waals surface area (Å²) in [5.74, 6) is 0.836. The largest absolute Gasteiger partial charge is 0.487 e. The van der Waals surface area contributed by atoms with Crippen LogP contribution < -0.4 is 10.1 Å². The molecule has 1 aromatic rings. The zero-order valence-electron chi connectivity index (χ0n) is 11.7. The summed E-state index contributed by atoms with van der Waals surface area (Å²) in [4.78, 5) is 15.4. The molecule has 2 saturated heterocycles. The molecule has 0 bridgehead atoms. The van der Waals surface area contributed by atoms with Gasteiger partial charge in [-0.25, -0.2) is 4.79 Å². The third kappa shape index (κ3) is 3.19. The number of carbonyl (C=O) groups excluding carboxylic acids is 1. The highest BCUT2D eigenvalue weighted by Gasteiger charge is 2.34. The number of nitrogens with one attached hydrogen (secondary N) is 1. The van der Waals surface area contributed by atoms with Crippen LogP contribution in [-0.2, 0) is 0 Å². The molecule has 110 valence electrons. The molecule has 2 amide bonds.